The van der Waals surface area contributed by atoms with Gasteiger partial charge in [0.1, 0.15) is 11.7 Å². The second-order valence-electron chi connectivity index (χ2n) is 5.16. The number of H-pyrrole nitrogens is 1. The minimum Gasteiger partial charge on any atom is -0.361 e. The molecule has 0 spiro atoms. The van der Waals surface area contributed by atoms with Gasteiger partial charge in [0, 0.05) is 30.6 Å². The summed E-state index contributed by atoms with van der Waals surface area (Å²) in [6.07, 6.45) is 4.03. The lowest BCUT2D eigenvalue weighted by atomic mass is 10.0. The number of likely N-dealkylation sites (N-methyl/N-ethyl adjacent to an activating group) is 1. The summed E-state index contributed by atoms with van der Waals surface area (Å²) in [6, 6.07) is 7.40. The molecule has 1 aromatic heterocycles. The molecule has 2 aromatic rings. The molecular weight excluding hydrogens is 266 g/mol. The Balaban J connectivity index is 1.88. The van der Waals surface area contributed by atoms with E-state index in [1.54, 1.807) is 20.0 Å². The third kappa shape index (κ3) is 2.20. The molecule has 2 amide bonds. The first-order valence-electron chi connectivity index (χ1n) is 6.91. The molecule has 2 heterocycles. The summed E-state index contributed by atoms with van der Waals surface area (Å²) in [5.74, 6) is -0.294. The van der Waals surface area contributed by atoms with Crippen molar-refractivity contribution in [2.45, 2.75) is 19.4 Å². The molecule has 2 N–H and O–H groups in total. The molecule has 1 aliphatic rings. The lowest BCUT2D eigenvalue weighted by Crippen LogP contribution is -2.56. The fourth-order valence-corrected chi connectivity index (χ4v) is 2.78. The van der Waals surface area contributed by atoms with Gasteiger partial charge >= 0.3 is 0 Å². The number of carbonyl (C=O) groups is 2. The molecule has 21 heavy (non-hydrogen) atoms. The minimum absolute atomic E-state index is 0.0898. The van der Waals surface area contributed by atoms with E-state index >= 15 is 0 Å². The van der Waals surface area contributed by atoms with E-state index in [0.29, 0.717) is 12.1 Å². The maximum absolute atomic E-state index is 12.4. The molecule has 0 bridgehead atoms. The predicted octanol–water partition coefficient (Wildman–Crippen LogP) is 1.57. The lowest BCUT2D eigenvalue weighted by molar-refractivity contribution is -0.138. The molecule has 1 saturated heterocycles. The van der Waals surface area contributed by atoms with Crippen LogP contribution in [0.4, 0.5) is 0 Å². The summed E-state index contributed by atoms with van der Waals surface area (Å²) in [6.45, 7) is 1.75. The molecule has 1 atom stereocenters. The Bertz CT molecular complexity index is 745. The number of nitrogens with one attached hydrogen (secondary N) is 2. The average Bonchev–Trinajstić information content (AvgIpc) is 2.88. The molecule has 0 aliphatic carbocycles. The molecule has 1 fully saturated rings. The molecule has 0 saturated carbocycles. The van der Waals surface area contributed by atoms with Crippen LogP contribution in [-0.4, -0.2) is 34.8 Å². The first-order valence-corrected chi connectivity index (χ1v) is 6.91. The number of nitrogens with zero attached hydrogens (tertiary/aromatic N) is 1. The van der Waals surface area contributed by atoms with Gasteiger partial charge in [-0.2, -0.15) is 0 Å². The van der Waals surface area contributed by atoms with Crippen molar-refractivity contribution in [2.75, 3.05) is 7.05 Å². The Hall–Kier alpha value is -2.56. The maximum atomic E-state index is 12.4. The van der Waals surface area contributed by atoms with E-state index in [4.69, 9.17) is 0 Å². The van der Waals surface area contributed by atoms with Crippen molar-refractivity contribution in [2.24, 2.45) is 0 Å². The number of benzene rings is 1. The van der Waals surface area contributed by atoms with Gasteiger partial charge in [-0.1, -0.05) is 24.3 Å². The van der Waals surface area contributed by atoms with E-state index in [9.17, 15) is 9.59 Å². The first-order chi connectivity index (χ1) is 10.1. The number of hydrogen-bond acceptors (Lipinski definition) is 2. The minimum atomic E-state index is -0.523. The van der Waals surface area contributed by atoms with Crippen LogP contribution in [0.15, 0.2) is 42.2 Å². The van der Waals surface area contributed by atoms with Crippen LogP contribution in [0, 0.1) is 0 Å². The maximum Gasteiger partial charge on any atom is 0.268 e. The number of aromatic amines is 1. The van der Waals surface area contributed by atoms with Crippen molar-refractivity contribution < 1.29 is 9.59 Å². The third-order valence-electron chi connectivity index (χ3n) is 3.90. The van der Waals surface area contributed by atoms with Crippen LogP contribution in [0.25, 0.3) is 10.9 Å². The molecule has 0 radical (unpaired) electrons. The number of amides is 2. The molecular formula is C16H17N3O2. The number of aromatic nitrogens is 1. The standard InChI is InChI=1S/C16H17N3O2/c1-3-14-15(20)18-13(16(21)19(14)2)8-10-9-17-12-7-5-4-6-11(10)12/h3-7,9,13,17H,8H2,1-2H3,(H,18,20)/b14-3+. The zero-order valence-electron chi connectivity index (χ0n) is 12.0. The van der Waals surface area contributed by atoms with Gasteiger partial charge in [-0.25, -0.2) is 0 Å². The van der Waals surface area contributed by atoms with Gasteiger partial charge in [0.05, 0.1) is 0 Å². The number of piperazine rings is 1. The van der Waals surface area contributed by atoms with Crippen molar-refractivity contribution in [3.63, 3.8) is 0 Å². The van der Waals surface area contributed by atoms with Gasteiger partial charge < -0.3 is 15.2 Å². The second kappa shape index (κ2) is 5.09. The molecule has 5 nitrogen and oxygen atoms in total. The highest BCUT2D eigenvalue weighted by Gasteiger charge is 2.34. The molecule has 108 valence electrons. The SMILES string of the molecule is C/C=C1\C(=O)NC(Cc2c[nH]c3ccccc23)C(=O)N1C. The Morgan fingerprint density at radius 3 is 2.81 bits per heavy atom. The fraction of sp³-hybridized carbons (Fsp3) is 0.250. The Kier molecular flexibility index (Phi) is 3.25. The van der Waals surface area contributed by atoms with Crippen LogP contribution in [0.2, 0.25) is 0 Å². The number of rotatable bonds is 2. The van der Waals surface area contributed by atoms with Gasteiger partial charge in [0.2, 0.25) is 5.91 Å². The van der Waals surface area contributed by atoms with Gasteiger partial charge in [-0.3, -0.25) is 9.59 Å². The zero-order chi connectivity index (χ0) is 15.0. The highest BCUT2D eigenvalue weighted by molar-refractivity contribution is 6.04. The van der Waals surface area contributed by atoms with E-state index in [0.717, 1.165) is 16.5 Å². The largest absolute Gasteiger partial charge is 0.361 e. The fourth-order valence-electron chi connectivity index (χ4n) is 2.78. The summed E-state index contributed by atoms with van der Waals surface area (Å²) in [4.78, 5) is 29.0. The van der Waals surface area contributed by atoms with E-state index in [1.165, 1.54) is 4.90 Å². The third-order valence-corrected chi connectivity index (χ3v) is 3.90. The topological polar surface area (TPSA) is 65.2 Å². The zero-order valence-corrected chi connectivity index (χ0v) is 12.0. The van der Waals surface area contributed by atoms with Crippen molar-refractivity contribution in [1.82, 2.24) is 15.2 Å². The van der Waals surface area contributed by atoms with Crippen molar-refractivity contribution in [1.29, 1.82) is 0 Å². The number of allylic oxidation sites excluding steroid dienone is 1. The Labute approximate surface area is 122 Å². The Morgan fingerprint density at radius 1 is 1.29 bits per heavy atom. The molecule has 3 rings (SSSR count). The molecule has 1 unspecified atom stereocenters. The molecule has 1 aromatic carbocycles. The van der Waals surface area contributed by atoms with E-state index in [2.05, 4.69) is 10.3 Å². The van der Waals surface area contributed by atoms with Crippen LogP contribution in [0.3, 0.4) is 0 Å². The quantitative estimate of drug-likeness (QED) is 0.822. The first kappa shape index (κ1) is 13.4. The van der Waals surface area contributed by atoms with Crippen LogP contribution in [-0.2, 0) is 16.0 Å². The number of para-hydroxylation sites is 1. The van der Waals surface area contributed by atoms with Gasteiger partial charge in [0.25, 0.3) is 5.91 Å². The van der Waals surface area contributed by atoms with Gasteiger partial charge in [0.15, 0.2) is 0 Å². The van der Waals surface area contributed by atoms with Crippen molar-refractivity contribution >= 4 is 22.7 Å². The molecule has 5 heteroatoms. The average molecular weight is 283 g/mol. The molecule has 1 aliphatic heterocycles. The van der Waals surface area contributed by atoms with E-state index in [1.807, 2.05) is 30.5 Å². The summed E-state index contributed by atoms with van der Waals surface area (Å²) in [5, 5.41) is 3.87. The predicted molar refractivity (Wildman–Crippen MR) is 80.5 cm³/mol. The monoisotopic (exact) mass is 283 g/mol. The highest BCUT2D eigenvalue weighted by Crippen LogP contribution is 2.21. The number of carbonyl (C=O) groups excluding carboxylic acids is 2. The van der Waals surface area contributed by atoms with Crippen LogP contribution in [0.5, 0.6) is 0 Å². The van der Waals surface area contributed by atoms with Crippen LogP contribution < -0.4 is 5.32 Å². The van der Waals surface area contributed by atoms with Gasteiger partial charge in [-0.05, 0) is 18.6 Å². The van der Waals surface area contributed by atoms with E-state index < -0.39 is 6.04 Å². The smallest absolute Gasteiger partial charge is 0.268 e. The summed E-state index contributed by atoms with van der Waals surface area (Å²) >= 11 is 0. The summed E-state index contributed by atoms with van der Waals surface area (Å²) in [7, 11) is 1.64. The van der Waals surface area contributed by atoms with Crippen LogP contribution >= 0.6 is 0 Å². The normalized spacial score (nSPS) is 21.1. The van der Waals surface area contributed by atoms with Crippen LogP contribution in [0.1, 0.15) is 12.5 Å². The second-order valence-corrected chi connectivity index (χ2v) is 5.16. The van der Waals surface area contributed by atoms with E-state index in [-0.39, 0.29) is 11.8 Å². The number of fused-ring (bicyclic) bond motifs is 1. The summed E-state index contributed by atoms with van der Waals surface area (Å²) < 4.78 is 0. The van der Waals surface area contributed by atoms with Crippen molar-refractivity contribution in [3.05, 3.63) is 47.8 Å². The number of hydrogen-bond donors (Lipinski definition) is 2. The summed E-state index contributed by atoms with van der Waals surface area (Å²) in [5.41, 5.74) is 2.46. The highest BCUT2D eigenvalue weighted by atomic mass is 16.2. The van der Waals surface area contributed by atoms with Gasteiger partial charge in [-0.15, -0.1) is 0 Å². The van der Waals surface area contributed by atoms with Crippen molar-refractivity contribution in [3.8, 4) is 0 Å². The Morgan fingerprint density at radius 2 is 2.05 bits per heavy atom. The lowest BCUT2D eigenvalue weighted by Gasteiger charge is -2.31.